The summed E-state index contributed by atoms with van der Waals surface area (Å²) in [5, 5.41) is 3.14. The highest BCUT2D eigenvalue weighted by atomic mass is 16.5. The molecule has 3 aromatic rings. The van der Waals surface area contributed by atoms with Gasteiger partial charge in [-0.15, -0.1) is 0 Å². The Hall–Kier alpha value is -3.02. The lowest BCUT2D eigenvalue weighted by atomic mass is 9.89. The molecule has 1 aliphatic heterocycles. The molecular formula is C20H20N4O2. The first kappa shape index (κ1) is 16.4. The number of aromatic amines is 1. The van der Waals surface area contributed by atoms with Crippen LogP contribution in [0.2, 0.25) is 0 Å². The summed E-state index contributed by atoms with van der Waals surface area (Å²) in [5.74, 6) is 1.86. The number of nitrogens with zero attached hydrogens (tertiary/aromatic N) is 3. The van der Waals surface area contributed by atoms with Gasteiger partial charge in [-0.25, -0.2) is 4.98 Å². The molecule has 2 heterocycles. The fourth-order valence-corrected chi connectivity index (χ4v) is 3.46. The number of nitroso groups, excluding NO2 is 1. The minimum Gasteiger partial charge on any atom is -0.497 e. The van der Waals surface area contributed by atoms with Crippen LogP contribution < -0.4 is 4.74 Å². The summed E-state index contributed by atoms with van der Waals surface area (Å²) in [7, 11) is 1.65. The molecule has 0 saturated carbocycles. The molecule has 132 valence electrons. The summed E-state index contributed by atoms with van der Waals surface area (Å²) >= 11 is 0. The van der Waals surface area contributed by atoms with Crippen molar-refractivity contribution in [2.75, 3.05) is 13.7 Å². The van der Waals surface area contributed by atoms with Crippen molar-refractivity contribution in [3.05, 3.63) is 52.9 Å². The number of benzene rings is 2. The van der Waals surface area contributed by atoms with E-state index >= 15 is 0 Å². The van der Waals surface area contributed by atoms with Gasteiger partial charge in [0.05, 0.1) is 24.7 Å². The molecule has 1 aromatic heterocycles. The van der Waals surface area contributed by atoms with E-state index in [1.807, 2.05) is 36.4 Å². The molecule has 6 nitrogen and oxygen atoms in total. The zero-order valence-electron chi connectivity index (χ0n) is 14.8. The van der Waals surface area contributed by atoms with Crippen LogP contribution in [0, 0.1) is 10.8 Å². The summed E-state index contributed by atoms with van der Waals surface area (Å²) < 4.78 is 5.20. The van der Waals surface area contributed by atoms with Gasteiger partial charge in [0.15, 0.2) is 0 Å². The number of aromatic nitrogens is 2. The molecule has 26 heavy (non-hydrogen) atoms. The maximum atomic E-state index is 10.8. The van der Waals surface area contributed by atoms with Crippen molar-refractivity contribution >= 4 is 16.7 Å². The first-order valence-corrected chi connectivity index (χ1v) is 8.69. The smallest absolute Gasteiger partial charge is 0.138 e. The SMILES string of the molecule is COc1ccc(-c2nc3ccc(C4=NCC(N=O)CC4C)cc3[nH]2)cc1. The van der Waals surface area contributed by atoms with E-state index in [2.05, 4.69) is 33.1 Å². The number of H-pyrrole nitrogens is 1. The number of fused-ring (bicyclic) bond motifs is 1. The first-order valence-electron chi connectivity index (χ1n) is 8.69. The summed E-state index contributed by atoms with van der Waals surface area (Å²) in [6.07, 6.45) is 0.750. The van der Waals surface area contributed by atoms with Crippen LogP contribution in [0.15, 0.2) is 52.6 Å². The predicted octanol–water partition coefficient (Wildman–Crippen LogP) is 4.20. The number of nitrogens with one attached hydrogen (secondary N) is 1. The van der Waals surface area contributed by atoms with Crippen molar-refractivity contribution in [1.29, 1.82) is 0 Å². The average Bonchev–Trinajstić information content (AvgIpc) is 3.11. The van der Waals surface area contributed by atoms with Gasteiger partial charge in [0.25, 0.3) is 0 Å². The van der Waals surface area contributed by atoms with Gasteiger partial charge in [-0.05, 0) is 48.4 Å². The second-order valence-corrected chi connectivity index (χ2v) is 6.67. The zero-order chi connectivity index (χ0) is 18.1. The Morgan fingerprint density at radius 1 is 1.15 bits per heavy atom. The average molecular weight is 348 g/mol. The van der Waals surface area contributed by atoms with Crippen LogP contribution >= 0.6 is 0 Å². The second-order valence-electron chi connectivity index (χ2n) is 6.67. The fourth-order valence-electron chi connectivity index (χ4n) is 3.46. The van der Waals surface area contributed by atoms with Crippen LogP contribution in [0.25, 0.3) is 22.4 Å². The molecule has 0 bridgehead atoms. The first-order chi connectivity index (χ1) is 12.7. The van der Waals surface area contributed by atoms with E-state index in [9.17, 15) is 4.91 Å². The van der Waals surface area contributed by atoms with Crippen molar-refractivity contribution in [3.63, 3.8) is 0 Å². The Kier molecular flexibility index (Phi) is 4.24. The van der Waals surface area contributed by atoms with Gasteiger partial charge in [0.2, 0.25) is 0 Å². The normalized spacial score (nSPS) is 20.0. The third kappa shape index (κ3) is 2.98. The Balaban J connectivity index is 1.67. The maximum absolute atomic E-state index is 10.8. The van der Waals surface area contributed by atoms with E-state index < -0.39 is 0 Å². The van der Waals surface area contributed by atoms with E-state index in [1.54, 1.807) is 7.11 Å². The van der Waals surface area contributed by atoms with E-state index in [4.69, 9.17) is 4.74 Å². The largest absolute Gasteiger partial charge is 0.497 e. The summed E-state index contributed by atoms with van der Waals surface area (Å²) in [6.45, 7) is 2.57. The van der Waals surface area contributed by atoms with Crippen LogP contribution in [-0.4, -0.2) is 35.4 Å². The Bertz CT molecular complexity index is 975. The monoisotopic (exact) mass is 348 g/mol. The van der Waals surface area contributed by atoms with Crippen molar-refractivity contribution in [2.24, 2.45) is 16.1 Å². The molecule has 6 heteroatoms. The minimum absolute atomic E-state index is 0.202. The minimum atomic E-state index is -0.202. The molecule has 0 amide bonds. The van der Waals surface area contributed by atoms with Crippen LogP contribution in [0.1, 0.15) is 18.9 Å². The number of methoxy groups -OCH3 is 1. The molecule has 0 radical (unpaired) electrons. The lowest BCUT2D eigenvalue weighted by Gasteiger charge is -2.22. The molecular weight excluding hydrogens is 328 g/mol. The highest BCUT2D eigenvalue weighted by Crippen LogP contribution is 2.26. The molecule has 0 saturated heterocycles. The van der Waals surface area contributed by atoms with E-state index in [-0.39, 0.29) is 12.0 Å². The molecule has 2 unspecified atom stereocenters. The maximum Gasteiger partial charge on any atom is 0.138 e. The highest BCUT2D eigenvalue weighted by Gasteiger charge is 2.24. The topological polar surface area (TPSA) is 79.7 Å². The van der Waals surface area contributed by atoms with Gasteiger partial charge in [-0.1, -0.05) is 18.2 Å². The Morgan fingerprint density at radius 2 is 1.92 bits per heavy atom. The molecule has 0 fully saturated rings. The predicted molar refractivity (Wildman–Crippen MR) is 103 cm³/mol. The van der Waals surface area contributed by atoms with E-state index in [0.29, 0.717) is 6.54 Å². The number of imidazole rings is 1. The lowest BCUT2D eigenvalue weighted by molar-refractivity contribution is 0.415. The van der Waals surface area contributed by atoms with E-state index in [1.165, 1.54) is 0 Å². The number of rotatable bonds is 4. The van der Waals surface area contributed by atoms with E-state index in [0.717, 1.165) is 45.9 Å². The Labute approximate surface area is 151 Å². The van der Waals surface area contributed by atoms with Gasteiger partial charge < -0.3 is 9.72 Å². The molecule has 0 spiro atoms. The molecule has 0 aliphatic carbocycles. The van der Waals surface area contributed by atoms with Crippen molar-refractivity contribution in [1.82, 2.24) is 9.97 Å². The molecule has 4 rings (SSSR count). The number of aliphatic imine (C=N–C) groups is 1. The number of ether oxygens (including phenoxy) is 1. The standard InChI is InChI=1S/C20H20N4O2/c1-12-9-15(24-25)11-21-19(12)14-5-8-17-18(10-14)23-20(22-17)13-3-6-16(26-2)7-4-13/h3-8,10,12,15H,9,11H2,1-2H3,(H,22,23). The highest BCUT2D eigenvalue weighted by molar-refractivity contribution is 6.04. The van der Waals surface area contributed by atoms with Crippen molar-refractivity contribution in [2.45, 2.75) is 19.4 Å². The molecule has 1 N–H and O–H groups in total. The third-order valence-electron chi connectivity index (χ3n) is 4.85. The van der Waals surface area contributed by atoms with Crippen LogP contribution in [0.3, 0.4) is 0 Å². The van der Waals surface area contributed by atoms with Gasteiger partial charge in [-0.2, -0.15) is 4.91 Å². The van der Waals surface area contributed by atoms with Crippen LogP contribution in [0.5, 0.6) is 5.75 Å². The Morgan fingerprint density at radius 3 is 2.62 bits per heavy atom. The van der Waals surface area contributed by atoms with Crippen LogP contribution in [0.4, 0.5) is 0 Å². The van der Waals surface area contributed by atoms with Gasteiger partial charge in [0.1, 0.15) is 17.6 Å². The van der Waals surface area contributed by atoms with Crippen molar-refractivity contribution < 1.29 is 4.74 Å². The van der Waals surface area contributed by atoms with Gasteiger partial charge in [-0.3, -0.25) is 4.99 Å². The summed E-state index contributed by atoms with van der Waals surface area (Å²) in [5.41, 5.74) is 4.99. The quantitative estimate of drug-likeness (QED) is 0.718. The summed E-state index contributed by atoms with van der Waals surface area (Å²) in [6, 6.07) is 13.7. The molecule has 1 aliphatic rings. The molecule has 2 atom stereocenters. The van der Waals surface area contributed by atoms with Crippen LogP contribution in [-0.2, 0) is 0 Å². The van der Waals surface area contributed by atoms with Gasteiger partial charge in [0, 0.05) is 17.2 Å². The van der Waals surface area contributed by atoms with Crippen molar-refractivity contribution in [3.8, 4) is 17.1 Å². The number of hydrogen-bond donors (Lipinski definition) is 1. The fraction of sp³-hybridized carbons (Fsp3) is 0.300. The number of hydrogen-bond acceptors (Lipinski definition) is 5. The third-order valence-corrected chi connectivity index (χ3v) is 4.85. The summed E-state index contributed by atoms with van der Waals surface area (Å²) in [4.78, 5) is 23.4. The molecule has 2 aromatic carbocycles. The van der Waals surface area contributed by atoms with Gasteiger partial charge >= 0.3 is 0 Å². The zero-order valence-corrected chi connectivity index (χ0v) is 14.8. The second kappa shape index (κ2) is 6.71. The lowest BCUT2D eigenvalue weighted by Crippen LogP contribution is -2.26.